The summed E-state index contributed by atoms with van der Waals surface area (Å²) in [6, 6.07) is 9.45. The van der Waals surface area contributed by atoms with Crippen molar-refractivity contribution in [1.82, 2.24) is 0 Å². The second kappa shape index (κ2) is 6.21. The summed E-state index contributed by atoms with van der Waals surface area (Å²) in [6.07, 6.45) is 0. The van der Waals surface area contributed by atoms with Crippen LogP contribution in [0.2, 0.25) is 0 Å². The van der Waals surface area contributed by atoms with Gasteiger partial charge in [-0.25, -0.2) is 4.39 Å². The molecule has 0 heterocycles. The van der Waals surface area contributed by atoms with Gasteiger partial charge >= 0.3 is 5.69 Å². The van der Waals surface area contributed by atoms with E-state index >= 15 is 0 Å². The van der Waals surface area contributed by atoms with Crippen molar-refractivity contribution >= 4 is 11.4 Å². The molecule has 0 radical (unpaired) electrons. The average molecular weight is 290 g/mol. The number of anilines is 1. The number of nitrogens with one attached hydrogen (secondary N) is 1. The molecule has 2 aromatic carbocycles. The highest BCUT2D eigenvalue weighted by Crippen LogP contribution is 2.28. The van der Waals surface area contributed by atoms with Crippen LogP contribution in [0, 0.1) is 22.9 Å². The fourth-order valence-electron chi connectivity index (χ4n) is 2.03. The zero-order valence-electron chi connectivity index (χ0n) is 11.7. The molecule has 0 aromatic heterocycles. The molecule has 0 unspecified atom stereocenters. The molecule has 0 spiro atoms. The van der Waals surface area contributed by atoms with E-state index in [9.17, 15) is 14.5 Å². The van der Waals surface area contributed by atoms with E-state index < -0.39 is 4.92 Å². The van der Waals surface area contributed by atoms with E-state index in [2.05, 4.69) is 5.32 Å². The number of para-hydroxylation sites is 1. The summed E-state index contributed by atoms with van der Waals surface area (Å²) in [4.78, 5) is 10.5. The number of benzene rings is 2. The fraction of sp³-hybridized carbons (Fsp3) is 0.200. The van der Waals surface area contributed by atoms with Crippen LogP contribution in [0.1, 0.15) is 11.1 Å². The molecule has 0 aliphatic rings. The minimum absolute atomic E-state index is 0.109. The Morgan fingerprint density at radius 3 is 2.71 bits per heavy atom. The molecule has 110 valence electrons. The number of methoxy groups -OCH3 is 1. The van der Waals surface area contributed by atoms with Gasteiger partial charge in [-0.2, -0.15) is 0 Å². The Labute approximate surface area is 121 Å². The molecule has 0 aliphatic heterocycles. The Balaban J connectivity index is 2.21. The molecule has 0 saturated heterocycles. The third-order valence-electron chi connectivity index (χ3n) is 3.13. The summed E-state index contributed by atoms with van der Waals surface area (Å²) in [6.45, 7) is 2.08. The third-order valence-corrected chi connectivity index (χ3v) is 3.13. The molecule has 6 heteroatoms. The number of hydrogen-bond acceptors (Lipinski definition) is 4. The zero-order chi connectivity index (χ0) is 15.4. The van der Waals surface area contributed by atoms with Crippen molar-refractivity contribution in [2.45, 2.75) is 13.5 Å². The topological polar surface area (TPSA) is 64.4 Å². The number of halogens is 1. The lowest BCUT2D eigenvalue weighted by Gasteiger charge is -2.11. The molecule has 0 aliphatic carbocycles. The van der Waals surface area contributed by atoms with Crippen molar-refractivity contribution in [2.24, 2.45) is 0 Å². The van der Waals surface area contributed by atoms with E-state index in [-0.39, 0.29) is 23.8 Å². The van der Waals surface area contributed by atoms with E-state index in [1.54, 1.807) is 25.1 Å². The van der Waals surface area contributed by atoms with E-state index in [1.165, 1.54) is 25.3 Å². The Morgan fingerprint density at radius 1 is 1.33 bits per heavy atom. The zero-order valence-corrected chi connectivity index (χ0v) is 11.7. The SMILES string of the molecule is COc1ccc(CNc2c(C)cccc2F)cc1[N+](=O)[O-]. The van der Waals surface area contributed by atoms with Gasteiger partial charge in [0.1, 0.15) is 5.82 Å². The highest BCUT2D eigenvalue weighted by Gasteiger charge is 2.15. The molecule has 0 bridgehead atoms. The predicted molar refractivity (Wildman–Crippen MR) is 78.1 cm³/mol. The Kier molecular flexibility index (Phi) is 4.37. The van der Waals surface area contributed by atoms with Gasteiger partial charge in [0.15, 0.2) is 5.75 Å². The number of aryl methyl sites for hydroxylation is 1. The van der Waals surface area contributed by atoms with Gasteiger partial charge < -0.3 is 10.1 Å². The van der Waals surface area contributed by atoms with Crippen LogP contribution in [0.4, 0.5) is 15.8 Å². The molecule has 0 fully saturated rings. The molecule has 5 nitrogen and oxygen atoms in total. The smallest absolute Gasteiger partial charge is 0.311 e. The van der Waals surface area contributed by atoms with Gasteiger partial charge in [0, 0.05) is 12.6 Å². The fourth-order valence-corrected chi connectivity index (χ4v) is 2.03. The molecule has 2 rings (SSSR count). The molecule has 0 amide bonds. The maximum Gasteiger partial charge on any atom is 0.311 e. The first-order chi connectivity index (χ1) is 10.0. The van der Waals surface area contributed by atoms with Gasteiger partial charge in [-0.15, -0.1) is 0 Å². The Hall–Kier alpha value is -2.63. The number of nitrogens with zero attached hydrogens (tertiary/aromatic N) is 1. The van der Waals surface area contributed by atoms with Crippen molar-refractivity contribution in [3.63, 3.8) is 0 Å². The van der Waals surface area contributed by atoms with Crippen molar-refractivity contribution in [3.8, 4) is 5.75 Å². The molecule has 21 heavy (non-hydrogen) atoms. The summed E-state index contributed by atoms with van der Waals surface area (Å²) in [5.41, 5.74) is 1.74. The number of rotatable bonds is 5. The molecule has 2 aromatic rings. The highest BCUT2D eigenvalue weighted by atomic mass is 19.1. The third kappa shape index (κ3) is 3.28. The second-order valence-corrected chi connectivity index (χ2v) is 4.55. The van der Waals surface area contributed by atoms with Gasteiger partial charge in [0.05, 0.1) is 17.7 Å². The number of nitro groups is 1. The Morgan fingerprint density at radius 2 is 2.10 bits per heavy atom. The normalized spacial score (nSPS) is 10.2. The maximum atomic E-state index is 13.7. The summed E-state index contributed by atoms with van der Waals surface area (Å²) >= 11 is 0. The number of ether oxygens (including phenoxy) is 1. The van der Waals surface area contributed by atoms with Crippen molar-refractivity contribution in [3.05, 3.63) is 63.5 Å². The van der Waals surface area contributed by atoms with Crippen LogP contribution in [-0.2, 0) is 6.54 Å². The first kappa shape index (κ1) is 14.8. The van der Waals surface area contributed by atoms with Crippen molar-refractivity contribution in [1.29, 1.82) is 0 Å². The lowest BCUT2D eigenvalue weighted by molar-refractivity contribution is -0.385. The van der Waals surface area contributed by atoms with Crippen LogP contribution >= 0.6 is 0 Å². The quantitative estimate of drug-likeness (QED) is 0.674. The minimum Gasteiger partial charge on any atom is -0.490 e. The van der Waals surface area contributed by atoms with Crippen LogP contribution in [-0.4, -0.2) is 12.0 Å². The van der Waals surface area contributed by atoms with Gasteiger partial charge in [-0.1, -0.05) is 18.2 Å². The summed E-state index contributed by atoms with van der Waals surface area (Å²) < 4.78 is 18.6. The molecular weight excluding hydrogens is 275 g/mol. The van der Waals surface area contributed by atoms with Gasteiger partial charge in [0.2, 0.25) is 0 Å². The van der Waals surface area contributed by atoms with Crippen LogP contribution in [0.25, 0.3) is 0 Å². The lowest BCUT2D eigenvalue weighted by atomic mass is 10.1. The van der Waals surface area contributed by atoms with Crippen LogP contribution in [0.5, 0.6) is 5.75 Å². The summed E-state index contributed by atoms with van der Waals surface area (Å²) in [5, 5.41) is 13.9. The monoisotopic (exact) mass is 290 g/mol. The molecular formula is C15H15FN2O3. The van der Waals surface area contributed by atoms with E-state index in [0.29, 0.717) is 11.3 Å². The largest absolute Gasteiger partial charge is 0.490 e. The molecule has 1 N–H and O–H groups in total. The van der Waals surface area contributed by atoms with E-state index in [0.717, 1.165) is 5.56 Å². The number of hydrogen-bond donors (Lipinski definition) is 1. The van der Waals surface area contributed by atoms with E-state index in [4.69, 9.17) is 4.74 Å². The van der Waals surface area contributed by atoms with Gasteiger partial charge in [0.25, 0.3) is 0 Å². The van der Waals surface area contributed by atoms with Crippen molar-refractivity contribution in [2.75, 3.05) is 12.4 Å². The summed E-state index contributed by atoms with van der Waals surface area (Å²) in [7, 11) is 1.38. The molecule has 0 atom stereocenters. The Bertz CT molecular complexity index is 654. The second-order valence-electron chi connectivity index (χ2n) is 4.55. The highest BCUT2D eigenvalue weighted by molar-refractivity contribution is 5.53. The summed E-state index contributed by atoms with van der Waals surface area (Å²) in [5.74, 6) is -0.149. The van der Waals surface area contributed by atoms with Gasteiger partial charge in [-0.3, -0.25) is 10.1 Å². The van der Waals surface area contributed by atoms with E-state index in [1.807, 2.05) is 0 Å². The van der Waals surface area contributed by atoms with Crippen molar-refractivity contribution < 1.29 is 14.1 Å². The molecule has 0 saturated carbocycles. The first-order valence-electron chi connectivity index (χ1n) is 6.33. The minimum atomic E-state index is -0.503. The first-order valence-corrected chi connectivity index (χ1v) is 6.33. The maximum absolute atomic E-state index is 13.7. The van der Waals surface area contributed by atoms with Crippen LogP contribution in [0.15, 0.2) is 36.4 Å². The van der Waals surface area contributed by atoms with Crippen LogP contribution in [0.3, 0.4) is 0 Å². The number of nitro benzene ring substituents is 1. The standard InChI is InChI=1S/C15H15FN2O3/c1-10-4-3-5-12(16)15(10)17-9-11-6-7-14(21-2)13(8-11)18(19)20/h3-8,17H,9H2,1-2H3. The predicted octanol–water partition coefficient (Wildman–Crippen LogP) is 3.66. The average Bonchev–Trinajstić information content (AvgIpc) is 2.46. The lowest BCUT2D eigenvalue weighted by Crippen LogP contribution is -2.04. The van der Waals surface area contributed by atoms with Gasteiger partial charge in [-0.05, 0) is 30.2 Å². The van der Waals surface area contributed by atoms with Crippen LogP contribution < -0.4 is 10.1 Å².